The van der Waals surface area contributed by atoms with Crippen LogP contribution in [0.15, 0.2) is 42.5 Å². The predicted octanol–water partition coefficient (Wildman–Crippen LogP) is 3.32. The molecular weight excluding hydrogens is 255 g/mol. The average Bonchev–Trinajstić information content (AvgIpc) is 2.47. The molecule has 4 heteroatoms. The van der Waals surface area contributed by atoms with Gasteiger partial charge < -0.3 is 15.0 Å². The number of anilines is 2. The summed E-state index contributed by atoms with van der Waals surface area (Å²) in [6, 6.07) is 12.7. The van der Waals surface area contributed by atoms with Crippen molar-refractivity contribution in [3.05, 3.63) is 53.8 Å². The molecule has 20 heavy (non-hydrogen) atoms. The topological polar surface area (TPSA) is 24.5 Å². The molecule has 0 fully saturated rings. The molecule has 0 aliphatic heterocycles. The van der Waals surface area contributed by atoms with Gasteiger partial charge in [0.25, 0.3) is 0 Å². The molecule has 0 saturated heterocycles. The zero-order valence-electron chi connectivity index (χ0n) is 12.0. The summed E-state index contributed by atoms with van der Waals surface area (Å²) in [6.45, 7) is 0.613. The Labute approximate surface area is 119 Å². The molecule has 3 nitrogen and oxygen atoms in total. The van der Waals surface area contributed by atoms with Crippen LogP contribution in [0.5, 0.6) is 5.75 Å². The molecule has 0 unspecified atom stereocenters. The number of methoxy groups -OCH3 is 1. The number of nitrogens with one attached hydrogen (secondary N) is 1. The van der Waals surface area contributed by atoms with E-state index in [-0.39, 0.29) is 5.82 Å². The molecule has 0 spiro atoms. The van der Waals surface area contributed by atoms with Gasteiger partial charge in [0.05, 0.1) is 12.8 Å². The van der Waals surface area contributed by atoms with Gasteiger partial charge in [0.15, 0.2) is 0 Å². The van der Waals surface area contributed by atoms with Crippen LogP contribution >= 0.6 is 0 Å². The summed E-state index contributed by atoms with van der Waals surface area (Å²) in [6.07, 6.45) is 0. The van der Waals surface area contributed by atoms with Crippen molar-refractivity contribution in [2.24, 2.45) is 0 Å². The predicted molar refractivity (Wildman–Crippen MR) is 80.2 cm³/mol. The van der Waals surface area contributed by atoms with Crippen molar-refractivity contribution >= 4 is 11.4 Å². The van der Waals surface area contributed by atoms with Crippen LogP contribution in [0.4, 0.5) is 15.8 Å². The highest BCUT2D eigenvalue weighted by Crippen LogP contribution is 2.31. The maximum Gasteiger partial charge on any atom is 0.147 e. The molecule has 0 aromatic heterocycles. The van der Waals surface area contributed by atoms with Crippen LogP contribution in [0.2, 0.25) is 0 Å². The van der Waals surface area contributed by atoms with Gasteiger partial charge in [0, 0.05) is 25.3 Å². The third kappa shape index (κ3) is 2.91. The zero-order valence-corrected chi connectivity index (χ0v) is 12.0. The van der Waals surface area contributed by atoms with E-state index in [1.165, 1.54) is 6.07 Å². The molecule has 0 aliphatic rings. The molecule has 0 atom stereocenters. The number of halogens is 1. The van der Waals surface area contributed by atoms with E-state index in [4.69, 9.17) is 4.74 Å². The molecule has 2 rings (SSSR count). The Morgan fingerprint density at radius 3 is 2.65 bits per heavy atom. The average molecular weight is 274 g/mol. The fraction of sp³-hybridized carbons (Fsp3) is 0.250. The highest BCUT2D eigenvalue weighted by Gasteiger charge is 2.14. The fourth-order valence-electron chi connectivity index (χ4n) is 2.22. The van der Waals surface area contributed by atoms with Crippen LogP contribution in [-0.4, -0.2) is 21.2 Å². The summed E-state index contributed by atoms with van der Waals surface area (Å²) >= 11 is 0. The van der Waals surface area contributed by atoms with E-state index in [1.54, 1.807) is 13.2 Å². The Morgan fingerprint density at radius 2 is 1.95 bits per heavy atom. The van der Waals surface area contributed by atoms with Crippen molar-refractivity contribution in [2.75, 3.05) is 26.1 Å². The van der Waals surface area contributed by atoms with Gasteiger partial charge in [-0.25, -0.2) is 4.39 Å². The van der Waals surface area contributed by atoms with Gasteiger partial charge in [-0.05, 0) is 30.8 Å². The molecule has 0 amide bonds. The van der Waals surface area contributed by atoms with Gasteiger partial charge in [-0.15, -0.1) is 0 Å². The van der Waals surface area contributed by atoms with Gasteiger partial charge in [0.2, 0.25) is 0 Å². The number of hydrogen-bond acceptors (Lipinski definition) is 3. The van der Waals surface area contributed by atoms with Crippen LogP contribution in [-0.2, 0) is 6.54 Å². The second kappa shape index (κ2) is 6.39. The molecule has 0 heterocycles. The lowest BCUT2D eigenvalue weighted by molar-refractivity contribution is 0.415. The second-order valence-electron chi connectivity index (χ2n) is 4.54. The molecule has 0 aliphatic carbocycles. The quantitative estimate of drug-likeness (QED) is 0.905. The fourth-order valence-corrected chi connectivity index (χ4v) is 2.22. The van der Waals surface area contributed by atoms with Gasteiger partial charge in [0.1, 0.15) is 11.6 Å². The minimum atomic E-state index is -0.233. The summed E-state index contributed by atoms with van der Waals surface area (Å²) in [5, 5.41) is 3.06. The SMILES string of the molecule is CNCc1cccc(F)c1N(C)c1cccc(OC)c1. The smallest absolute Gasteiger partial charge is 0.147 e. The molecular formula is C16H19FN2O. The standard InChI is InChI=1S/C16H19FN2O/c1-18-11-12-6-4-9-15(17)16(12)19(2)13-7-5-8-14(10-13)20-3/h4-10,18H,11H2,1-3H3. The summed E-state index contributed by atoms with van der Waals surface area (Å²) in [5.41, 5.74) is 2.37. The van der Waals surface area contributed by atoms with Crippen molar-refractivity contribution in [1.29, 1.82) is 0 Å². The lowest BCUT2D eigenvalue weighted by atomic mass is 10.1. The molecule has 0 radical (unpaired) electrons. The Kier molecular flexibility index (Phi) is 4.58. The largest absolute Gasteiger partial charge is 0.497 e. The van der Waals surface area contributed by atoms with Crippen LogP contribution in [0.3, 0.4) is 0 Å². The van der Waals surface area contributed by atoms with Gasteiger partial charge >= 0.3 is 0 Å². The number of benzene rings is 2. The first-order valence-electron chi connectivity index (χ1n) is 6.47. The maximum atomic E-state index is 14.2. The van der Waals surface area contributed by atoms with Crippen LogP contribution in [0.1, 0.15) is 5.56 Å². The highest BCUT2D eigenvalue weighted by molar-refractivity contribution is 5.67. The maximum absolute atomic E-state index is 14.2. The van der Waals surface area contributed by atoms with E-state index in [0.29, 0.717) is 12.2 Å². The Balaban J connectivity index is 2.44. The second-order valence-corrected chi connectivity index (χ2v) is 4.54. The van der Waals surface area contributed by atoms with E-state index in [9.17, 15) is 4.39 Å². The first-order chi connectivity index (χ1) is 9.67. The summed E-state index contributed by atoms with van der Waals surface area (Å²) in [4.78, 5) is 1.84. The Hall–Kier alpha value is -2.07. The minimum Gasteiger partial charge on any atom is -0.497 e. The summed E-state index contributed by atoms with van der Waals surface area (Å²) < 4.78 is 19.4. The number of hydrogen-bond donors (Lipinski definition) is 1. The monoisotopic (exact) mass is 274 g/mol. The molecule has 1 N–H and O–H groups in total. The van der Waals surface area contributed by atoms with Crippen LogP contribution in [0.25, 0.3) is 0 Å². The third-order valence-corrected chi connectivity index (χ3v) is 3.21. The van der Waals surface area contributed by atoms with E-state index in [2.05, 4.69) is 5.32 Å². The van der Waals surface area contributed by atoms with Crippen molar-refractivity contribution in [2.45, 2.75) is 6.54 Å². The number of nitrogens with zero attached hydrogens (tertiary/aromatic N) is 1. The molecule has 106 valence electrons. The summed E-state index contributed by atoms with van der Waals surface area (Å²) in [5.74, 6) is 0.518. The highest BCUT2D eigenvalue weighted by atomic mass is 19.1. The van der Waals surface area contributed by atoms with Crippen molar-refractivity contribution < 1.29 is 9.13 Å². The molecule has 2 aromatic rings. The van der Waals surface area contributed by atoms with E-state index in [0.717, 1.165) is 17.0 Å². The van der Waals surface area contributed by atoms with Crippen molar-refractivity contribution in [1.82, 2.24) is 5.32 Å². The van der Waals surface area contributed by atoms with E-state index >= 15 is 0 Å². The third-order valence-electron chi connectivity index (χ3n) is 3.21. The van der Waals surface area contributed by atoms with E-state index in [1.807, 2.05) is 49.3 Å². The lowest BCUT2D eigenvalue weighted by Gasteiger charge is -2.23. The van der Waals surface area contributed by atoms with Crippen LogP contribution < -0.4 is 15.0 Å². The van der Waals surface area contributed by atoms with Crippen molar-refractivity contribution in [3.8, 4) is 5.75 Å². The first kappa shape index (κ1) is 14.3. The lowest BCUT2D eigenvalue weighted by Crippen LogP contribution is -2.16. The molecule has 0 saturated carbocycles. The molecule has 0 bridgehead atoms. The summed E-state index contributed by atoms with van der Waals surface area (Å²) in [7, 11) is 5.32. The van der Waals surface area contributed by atoms with E-state index < -0.39 is 0 Å². The van der Waals surface area contributed by atoms with Crippen LogP contribution in [0, 0.1) is 5.82 Å². The molecule has 2 aromatic carbocycles. The van der Waals surface area contributed by atoms with Gasteiger partial charge in [-0.2, -0.15) is 0 Å². The Bertz CT molecular complexity index is 586. The number of rotatable bonds is 5. The normalized spacial score (nSPS) is 10.4. The van der Waals surface area contributed by atoms with Crippen molar-refractivity contribution in [3.63, 3.8) is 0 Å². The number of para-hydroxylation sites is 1. The first-order valence-corrected chi connectivity index (χ1v) is 6.47. The zero-order chi connectivity index (χ0) is 14.5. The Morgan fingerprint density at radius 1 is 1.20 bits per heavy atom. The number of ether oxygens (including phenoxy) is 1. The minimum absolute atomic E-state index is 0.233. The van der Waals surface area contributed by atoms with Gasteiger partial charge in [-0.1, -0.05) is 18.2 Å². The van der Waals surface area contributed by atoms with Gasteiger partial charge in [-0.3, -0.25) is 0 Å².